The molecule has 2 aromatic heterocycles. The number of rotatable bonds is 7. The highest BCUT2D eigenvalue weighted by atomic mass is 14.9. The van der Waals surface area contributed by atoms with E-state index in [0.717, 1.165) is 84.2 Å². The lowest BCUT2D eigenvalue weighted by Gasteiger charge is -2.14. The van der Waals surface area contributed by atoms with Crippen LogP contribution in [0.4, 0.5) is 0 Å². The molecule has 7 aromatic carbocycles. The van der Waals surface area contributed by atoms with E-state index in [4.69, 9.17) is 9.97 Å². The van der Waals surface area contributed by atoms with Gasteiger partial charge in [0.1, 0.15) is 0 Å². The van der Waals surface area contributed by atoms with Gasteiger partial charge < -0.3 is 0 Å². The number of fused-ring (bicyclic) bond motifs is 1. The maximum atomic E-state index is 5.19. The maximum Gasteiger partial charge on any atom is 0.160 e. The van der Waals surface area contributed by atoms with Crippen LogP contribution in [-0.4, -0.2) is 19.9 Å². The summed E-state index contributed by atoms with van der Waals surface area (Å²) in [6, 6.07) is 63.9. The molecule has 0 radical (unpaired) electrons. The smallest absolute Gasteiger partial charge is 0.160 e. The Labute approximate surface area is 315 Å². The second-order valence-electron chi connectivity index (χ2n) is 13.7. The predicted octanol–water partition coefficient (Wildman–Crippen LogP) is 12.7. The van der Waals surface area contributed by atoms with Gasteiger partial charge in [-0.3, -0.25) is 0 Å². The van der Waals surface area contributed by atoms with Crippen molar-refractivity contribution >= 4 is 10.8 Å². The summed E-state index contributed by atoms with van der Waals surface area (Å²) in [6.07, 6.45) is 0. The van der Waals surface area contributed by atoms with E-state index in [-0.39, 0.29) is 0 Å². The van der Waals surface area contributed by atoms with Crippen molar-refractivity contribution in [3.63, 3.8) is 0 Å². The lowest BCUT2D eigenvalue weighted by atomic mass is 9.93. The molecule has 0 amide bonds. The topological polar surface area (TPSA) is 51.6 Å². The van der Waals surface area contributed by atoms with E-state index in [2.05, 4.69) is 174 Å². The van der Waals surface area contributed by atoms with Crippen molar-refractivity contribution in [3.8, 4) is 78.7 Å². The van der Waals surface area contributed by atoms with Crippen LogP contribution in [0.1, 0.15) is 11.4 Å². The summed E-state index contributed by atoms with van der Waals surface area (Å²) in [5, 5.41) is 2.42. The fourth-order valence-corrected chi connectivity index (χ4v) is 7.07. The van der Waals surface area contributed by atoms with E-state index in [0.29, 0.717) is 5.82 Å². The van der Waals surface area contributed by atoms with Gasteiger partial charge in [0.15, 0.2) is 11.6 Å². The Hall–Kier alpha value is -7.04. The highest BCUT2D eigenvalue weighted by Gasteiger charge is 2.14. The first kappa shape index (κ1) is 32.8. The van der Waals surface area contributed by atoms with Crippen molar-refractivity contribution in [2.45, 2.75) is 13.8 Å². The molecule has 0 N–H and O–H groups in total. The number of nitrogens with zero attached hydrogens (tertiary/aromatic N) is 4. The zero-order valence-electron chi connectivity index (χ0n) is 30.1. The van der Waals surface area contributed by atoms with Crippen molar-refractivity contribution in [2.75, 3.05) is 0 Å². The van der Waals surface area contributed by atoms with Crippen molar-refractivity contribution in [3.05, 3.63) is 193 Å². The number of hydrogen-bond acceptors (Lipinski definition) is 4. The van der Waals surface area contributed by atoms with Crippen LogP contribution in [0.2, 0.25) is 0 Å². The van der Waals surface area contributed by atoms with Crippen molar-refractivity contribution < 1.29 is 0 Å². The number of aromatic nitrogens is 4. The number of benzene rings is 7. The average molecular weight is 693 g/mol. The predicted molar refractivity (Wildman–Crippen MR) is 223 cm³/mol. The minimum Gasteiger partial charge on any atom is -0.233 e. The summed E-state index contributed by atoms with van der Waals surface area (Å²) >= 11 is 0. The van der Waals surface area contributed by atoms with E-state index < -0.39 is 0 Å². The van der Waals surface area contributed by atoms with Gasteiger partial charge in [0.25, 0.3) is 0 Å². The zero-order chi connectivity index (χ0) is 36.4. The van der Waals surface area contributed by atoms with Crippen LogP contribution in [-0.2, 0) is 0 Å². The minimum atomic E-state index is 0.684. The second kappa shape index (κ2) is 14.2. The Morgan fingerprint density at radius 2 is 0.685 bits per heavy atom. The highest BCUT2D eigenvalue weighted by Crippen LogP contribution is 2.36. The zero-order valence-corrected chi connectivity index (χ0v) is 30.1. The van der Waals surface area contributed by atoms with Gasteiger partial charge in [0.2, 0.25) is 0 Å². The van der Waals surface area contributed by atoms with Crippen LogP contribution >= 0.6 is 0 Å². The monoisotopic (exact) mass is 692 g/mol. The second-order valence-corrected chi connectivity index (χ2v) is 13.7. The lowest BCUT2D eigenvalue weighted by molar-refractivity contribution is 1.06. The van der Waals surface area contributed by atoms with E-state index in [1.54, 1.807) is 0 Å². The summed E-state index contributed by atoms with van der Waals surface area (Å²) in [5.74, 6) is 1.44. The molecule has 54 heavy (non-hydrogen) atoms. The molecule has 0 spiro atoms. The maximum absolute atomic E-state index is 5.19. The molecule has 0 unspecified atom stereocenters. The first-order chi connectivity index (χ1) is 26.5. The van der Waals surface area contributed by atoms with Gasteiger partial charge in [-0.25, -0.2) is 19.9 Å². The fourth-order valence-electron chi connectivity index (χ4n) is 7.07. The number of aryl methyl sites for hydroxylation is 2. The molecule has 0 fully saturated rings. The molecular weight excluding hydrogens is 657 g/mol. The third-order valence-electron chi connectivity index (χ3n) is 9.82. The largest absolute Gasteiger partial charge is 0.233 e. The average Bonchev–Trinajstić information content (AvgIpc) is 3.23. The van der Waals surface area contributed by atoms with Gasteiger partial charge in [-0.2, -0.15) is 0 Å². The summed E-state index contributed by atoms with van der Waals surface area (Å²) in [6.45, 7) is 4.01. The Kier molecular flexibility index (Phi) is 8.62. The number of hydrogen-bond donors (Lipinski definition) is 0. The summed E-state index contributed by atoms with van der Waals surface area (Å²) < 4.78 is 0. The molecule has 2 heterocycles. The van der Waals surface area contributed by atoms with Gasteiger partial charge in [-0.15, -0.1) is 0 Å². The third-order valence-corrected chi connectivity index (χ3v) is 9.82. The van der Waals surface area contributed by atoms with Gasteiger partial charge >= 0.3 is 0 Å². The SMILES string of the molecule is Cc1cc(C)nc(-c2ccc(-c3ccc(-c4cc(-c5ccc6ccccc6c5)cc(-c5nc(-c6ccccc6)cc(-c6ccccc6)n5)c4)cc3)cc2)n1. The van der Waals surface area contributed by atoms with Crippen molar-refractivity contribution in [1.29, 1.82) is 0 Å². The molecule has 0 aliphatic carbocycles. The van der Waals surface area contributed by atoms with E-state index in [9.17, 15) is 0 Å². The Morgan fingerprint density at radius 3 is 1.26 bits per heavy atom. The molecular formula is C50H36N4. The normalized spacial score (nSPS) is 11.1. The van der Waals surface area contributed by atoms with Crippen LogP contribution in [0.5, 0.6) is 0 Å². The molecule has 256 valence electrons. The molecule has 0 bridgehead atoms. The van der Waals surface area contributed by atoms with Crippen molar-refractivity contribution in [2.24, 2.45) is 0 Å². The summed E-state index contributed by atoms with van der Waals surface area (Å²) in [4.78, 5) is 19.7. The molecule has 0 saturated heterocycles. The molecule has 0 aliphatic heterocycles. The minimum absolute atomic E-state index is 0.684. The standard InChI is InChI=1S/C50H36N4/c1-33-27-34(2)52-49(51-33)41-24-21-37(22-25-41)36-17-19-38(20-18-36)44-29-45(43-26-23-35-11-9-10-16-42(35)28-43)31-46(30-44)50-53-47(39-12-5-3-6-13-39)32-48(54-50)40-14-7-4-8-15-40/h3-32H,1-2H3. The Balaban J connectivity index is 1.14. The summed E-state index contributed by atoms with van der Waals surface area (Å²) in [5.41, 5.74) is 14.5. The fraction of sp³-hybridized carbons (Fsp3) is 0.0400. The van der Waals surface area contributed by atoms with Crippen LogP contribution in [0.3, 0.4) is 0 Å². The lowest BCUT2D eigenvalue weighted by Crippen LogP contribution is -1.97. The van der Waals surface area contributed by atoms with E-state index in [1.807, 2.05) is 32.0 Å². The Morgan fingerprint density at radius 1 is 0.259 bits per heavy atom. The van der Waals surface area contributed by atoms with E-state index in [1.165, 1.54) is 10.8 Å². The molecule has 0 atom stereocenters. The van der Waals surface area contributed by atoms with Crippen LogP contribution in [0, 0.1) is 13.8 Å². The third kappa shape index (κ3) is 6.81. The van der Waals surface area contributed by atoms with Crippen LogP contribution in [0.15, 0.2) is 182 Å². The first-order valence-corrected chi connectivity index (χ1v) is 18.2. The van der Waals surface area contributed by atoms with Gasteiger partial charge in [0.05, 0.1) is 11.4 Å². The molecule has 0 aliphatic rings. The van der Waals surface area contributed by atoms with Crippen LogP contribution in [0.25, 0.3) is 89.4 Å². The quantitative estimate of drug-likeness (QED) is 0.167. The van der Waals surface area contributed by atoms with Gasteiger partial charge in [-0.05, 0) is 94.4 Å². The molecule has 4 nitrogen and oxygen atoms in total. The Bertz CT molecular complexity index is 2680. The first-order valence-electron chi connectivity index (χ1n) is 18.2. The molecule has 9 aromatic rings. The molecule has 0 saturated carbocycles. The van der Waals surface area contributed by atoms with Crippen molar-refractivity contribution in [1.82, 2.24) is 19.9 Å². The highest BCUT2D eigenvalue weighted by molar-refractivity contribution is 5.89. The summed E-state index contributed by atoms with van der Waals surface area (Å²) in [7, 11) is 0. The van der Waals surface area contributed by atoms with Gasteiger partial charge in [-0.1, -0.05) is 146 Å². The molecule has 9 rings (SSSR count). The van der Waals surface area contributed by atoms with E-state index >= 15 is 0 Å². The molecule has 4 heteroatoms. The van der Waals surface area contributed by atoms with Crippen LogP contribution < -0.4 is 0 Å². The van der Waals surface area contributed by atoms with Gasteiger partial charge in [0, 0.05) is 33.6 Å².